The lowest BCUT2D eigenvalue weighted by Crippen LogP contribution is -2.34. The average molecular weight is 271 g/mol. The van der Waals surface area contributed by atoms with Gasteiger partial charge in [-0.15, -0.1) is 0 Å². The maximum Gasteiger partial charge on any atom is 0.317 e. The van der Waals surface area contributed by atoms with Crippen LogP contribution < -0.4 is 0 Å². The predicted octanol–water partition coefficient (Wildman–Crippen LogP) is 3.30. The number of carbonyl (C=O) groups is 1. The number of esters is 1. The number of fused-ring (bicyclic) bond motifs is 1. The summed E-state index contributed by atoms with van der Waals surface area (Å²) in [5, 5.41) is 9.06. The van der Waals surface area contributed by atoms with Crippen LogP contribution in [0.4, 0.5) is 0 Å². The van der Waals surface area contributed by atoms with E-state index in [0.29, 0.717) is 6.61 Å². The number of ether oxygens (including phenoxy) is 1. The minimum absolute atomic E-state index is 0.143. The van der Waals surface area contributed by atoms with Crippen molar-refractivity contribution >= 4 is 5.97 Å². The van der Waals surface area contributed by atoms with Gasteiger partial charge in [-0.3, -0.25) is 4.79 Å². The molecule has 0 heterocycles. The summed E-state index contributed by atoms with van der Waals surface area (Å²) in [6.45, 7) is 3.93. The van der Waals surface area contributed by atoms with Gasteiger partial charge in [0.2, 0.25) is 0 Å². The summed E-state index contributed by atoms with van der Waals surface area (Å²) in [6.07, 6.45) is 4.76. The standard InChI is InChI=1S/C17H21NO2/c1-3-20-16(19)17(2,10-11-18)15-9-8-13-6-4-5-7-14(13)12-15/h8-9,12H,3-7,10H2,1-2H3. The van der Waals surface area contributed by atoms with E-state index in [1.807, 2.05) is 6.07 Å². The fourth-order valence-corrected chi connectivity index (χ4v) is 2.82. The SMILES string of the molecule is CCOC(=O)C(C)(CC#N)c1ccc2c(c1)CCCC2. The van der Waals surface area contributed by atoms with Gasteiger partial charge in [-0.25, -0.2) is 0 Å². The highest BCUT2D eigenvalue weighted by Crippen LogP contribution is 2.32. The topological polar surface area (TPSA) is 50.1 Å². The summed E-state index contributed by atoms with van der Waals surface area (Å²) in [7, 11) is 0. The molecule has 1 aromatic rings. The first-order chi connectivity index (χ1) is 9.61. The van der Waals surface area contributed by atoms with Crippen LogP contribution in [0.2, 0.25) is 0 Å². The summed E-state index contributed by atoms with van der Waals surface area (Å²) in [6, 6.07) is 8.32. The Labute approximate surface area is 120 Å². The van der Waals surface area contributed by atoms with Crippen LogP contribution in [0, 0.1) is 11.3 Å². The molecule has 0 saturated carbocycles. The van der Waals surface area contributed by atoms with Crippen LogP contribution in [-0.4, -0.2) is 12.6 Å². The zero-order chi connectivity index (χ0) is 14.6. The minimum Gasteiger partial charge on any atom is -0.465 e. The highest BCUT2D eigenvalue weighted by molar-refractivity contribution is 5.83. The fourth-order valence-electron chi connectivity index (χ4n) is 2.82. The van der Waals surface area contributed by atoms with E-state index in [9.17, 15) is 4.79 Å². The molecule has 0 radical (unpaired) electrons. The number of nitriles is 1. The van der Waals surface area contributed by atoms with E-state index in [0.717, 1.165) is 18.4 Å². The van der Waals surface area contributed by atoms with Crippen molar-refractivity contribution in [2.24, 2.45) is 0 Å². The van der Waals surface area contributed by atoms with Gasteiger partial charge in [0.25, 0.3) is 0 Å². The highest BCUT2D eigenvalue weighted by Gasteiger charge is 2.37. The number of carbonyl (C=O) groups excluding carboxylic acids is 1. The van der Waals surface area contributed by atoms with Gasteiger partial charge in [0, 0.05) is 0 Å². The molecule has 1 aromatic carbocycles. The number of hydrogen-bond acceptors (Lipinski definition) is 3. The fraction of sp³-hybridized carbons (Fsp3) is 0.529. The van der Waals surface area contributed by atoms with Gasteiger partial charge in [-0.05, 0) is 56.2 Å². The molecule has 20 heavy (non-hydrogen) atoms. The summed E-state index contributed by atoms with van der Waals surface area (Å²) in [4.78, 5) is 12.3. The molecule has 1 aliphatic rings. The molecule has 2 rings (SSSR count). The van der Waals surface area contributed by atoms with Gasteiger partial charge in [0.15, 0.2) is 0 Å². The van der Waals surface area contributed by atoms with Crippen LogP contribution in [0.25, 0.3) is 0 Å². The van der Waals surface area contributed by atoms with Crippen LogP contribution in [0.1, 0.15) is 49.8 Å². The molecule has 0 spiro atoms. The van der Waals surface area contributed by atoms with E-state index in [4.69, 9.17) is 10.00 Å². The van der Waals surface area contributed by atoms with Crippen molar-refractivity contribution in [3.8, 4) is 6.07 Å². The molecule has 1 unspecified atom stereocenters. The molecule has 1 aliphatic carbocycles. The molecule has 1 atom stereocenters. The van der Waals surface area contributed by atoms with Crippen molar-refractivity contribution < 1.29 is 9.53 Å². The Morgan fingerprint density at radius 2 is 2.05 bits per heavy atom. The number of nitrogens with zero attached hydrogens (tertiary/aromatic N) is 1. The Morgan fingerprint density at radius 3 is 2.70 bits per heavy atom. The Bertz CT molecular complexity index is 544. The zero-order valence-electron chi connectivity index (χ0n) is 12.2. The van der Waals surface area contributed by atoms with Crippen LogP contribution in [-0.2, 0) is 27.8 Å². The Balaban J connectivity index is 2.39. The maximum absolute atomic E-state index is 12.3. The first kappa shape index (κ1) is 14.6. The summed E-state index contributed by atoms with van der Waals surface area (Å²) in [5.74, 6) is -0.308. The molecule has 0 saturated heterocycles. The molecular weight excluding hydrogens is 250 g/mol. The maximum atomic E-state index is 12.3. The van der Waals surface area contributed by atoms with Crippen molar-refractivity contribution in [1.82, 2.24) is 0 Å². The second-order valence-corrected chi connectivity index (χ2v) is 5.58. The van der Waals surface area contributed by atoms with Crippen molar-refractivity contribution in [2.45, 2.75) is 51.4 Å². The molecule has 0 bridgehead atoms. The number of rotatable bonds is 4. The predicted molar refractivity (Wildman–Crippen MR) is 77.3 cm³/mol. The largest absolute Gasteiger partial charge is 0.465 e. The molecule has 0 fully saturated rings. The second-order valence-electron chi connectivity index (χ2n) is 5.58. The van der Waals surface area contributed by atoms with E-state index in [1.54, 1.807) is 13.8 Å². The smallest absolute Gasteiger partial charge is 0.317 e. The molecular formula is C17H21NO2. The van der Waals surface area contributed by atoms with Crippen molar-refractivity contribution in [1.29, 1.82) is 5.26 Å². The van der Waals surface area contributed by atoms with E-state index >= 15 is 0 Å². The van der Waals surface area contributed by atoms with Gasteiger partial charge in [-0.1, -0.05) is 18.2 Å². The first-order valence-corrected chi connectivity index (χ1v) is 7.28. The molecule has 0 amide bonds. The van der Waals surface area contributed by atoms with E-state index in [-0.39, 0.29) is 12.4 Å². The summed E-state index contributed by atoms with van der Waals surface area (Å²) >= 11 is 0. The second kappa shape index (κ2) is 6.09. The molecule has 0 aliphatic heterocycles. The van der Waals surface area contributed by atoms with Gasteiger partial charge in [-0.2, -0.15) is 5.26 Å². The molecule has 3 nitrogen and oxygen atoms in total. The number of aryl methyl sites for hydroxylation is 2. The average Bonchev–Trinajstić information content (AvgIpc) is 2.47. The number of benzene rings is 1. The highest BCUT2D eigenvalue weighted by atomic mass is 16.5. The van der Waals surface area contributed by atoms with Crippen LogP contribution in [0.3, 0.4) is 0 Å². The zero-order valence-corrected chi connectivity index (χ0v) is 12.2. The van der Waals surface area contributed by atoms with Gasteiger partial charge < -0.3 is 4.74 Å². The lowest BCUT2D eigenvalue weighted by Gasteiger charge is -2.27. The Kier molecular flexibility index (Phi) is 4.44. The third-order valence-corrected chi connectivity index (χ3v) is 4.14. The number of hydrogen-bond donors (Lipinski definition) is 0. The van der Waals surface area contributed by atoms with Gasteiger partial charge >= 0.3 is 5.97 Å². The third-order valence-electron chi connectivity index (χ3n) is 4.14. The minimum atomic E-state index is -0.864. The summed E-state index contributed by atoms with van der Waals surface area (Å²) in [5.41, 5.74) is 2.74. The Morgan fingerprint density at radius 1 is 1.35 bits per heavy atom. The monoisotopic (exact) mass is 271 g/mol. The van der Waals surface area contributed by atoms with Crippen molar-refractivity contribution in [3.63, 3.8) is 0 Å². The van der Waals surface area contributed by atoms with Crippen LogP contribution in [0.15, 0.2) is 18.2 Å². The van der Waals surface area contributed by atoms with E-state index in [1.165, 1.54) is 24.0 Å². The lowest BCUT2D eigenvalue weighted by atomic mass is 9.77. The molecule has 0 aromatic heterocycles. The van der Waals surface area contributed by atoms with Crippen LogP contribution >= 0.6 is 0 Å². The normalized spacial score (nSPS) is 16.6. The van der Waals surface area contributed by atoms with Gasteiger partial charge in [0.1, 0.15) is 5.41 Å². The molecule has 0 N–H and O–H groups in total. The Hall–Kier alpha value is -1.82. The van der Waals surface area contributed by atoms with E-state index < -0.39 is 5.41 Å². The van der Waals surface area contributed by atoms with E-state index in [2.05, 4.69) is 18.2 Å². The third kappa shape index (κ3) is 2.70. The summed E-state index contributed by atoms with van der Waals surface area (Å²) < 4.78 is 5.17. The van der Waals surface area contributed by atoms with Crippen LogP contribution in [0.5, 0.6) is 0 Å². The molecule has 3 heteroatoms. The molecule has 106 valence electrons. The van der Waals surface area contributed by atoms with Crippen molar-refractivity contribution in [2.75, 3.05) is 6.61 Å². The first-order valence-electron chi connectivity index (χ1n) is 7.28. The van der Waals surface area contributed by atoms with Crippen molar-refractivity contribution in [3.05, 3.63) is 34.9 Å². The lowest BCUT2D eigenvalue weighted by molar-refractivity contribution is -0.149. The van der Waals surface area contributed by atoms with Gasteiger partial charge in [0.05, 0.1) is 19.1 Å². The quantitative estimate of drug-likeness (QED) is 0.789.